The van der Waals surface area contributed by atoms with E-state index < -0.39 is 124 Å². The Labute approximate surface area is 370 Å². The second kappa shape index (κ2) is 111. The van der Waals surface area contributed by atoms with Gasteiger partial charge < -0.3 is 147 Å². The topological polar surface area (TPSA) is 863 Å². The van der Waals surface area contributed by atoms with Crippen LogP contribution < -0.4 is 0 Å². The highest BCUT2D eigenvalue weighted by Gasteiger charge is 1.66. The van der Waals surface area contributed by atoms with Crippen LogP contribution in [0.4, 0.5) is 0 Å². The van der Waals surface area contributed by atoms with Gasteiger partial charge in [-0.1, -0.05) is 24.8 Å². The third-order valence-electron chi connectivity index (χ3n) is 0.329. The summed E-state index contributed by atoms with van der Waals surface area (Å²) in [7, 11) is -46.9. The fourth-order valence-corrected chi connectivity index (χ4v) is 0.136. The molecule has 45 nitrogen and oxygen atoms in total. The van der Waals surface area contributed by atoms with Gasteiger partial charge >= 0.3 is 124 Å². The molecule has 0 aliphatic rings. The Hall–Kier alpha value is 1.73. The van der Waals surface area contributed by atoms with Gasteiger partial charge in [0.2, 0.25) is 0 Å². The van der Waals surface area contributed by atoms with Crippen LogP contribution in [0.5, 0.6) is 0 Å². The Morgan fingerprint density at radius 1 is 0.215 bits per heavy atom. The van der Waals surface area contributed by atoms with Crippen LogP contribution in [0, 0.1) is 0 Å². The molecule has 0 rings (SSSR count). The van der Waals surface area contributed by atoms with Crippen molar-refractivity contribution in [3.05, 3.63) is 24.8 Å². The van der Waals surface area contributed by atoms with Gasteiger partial charge in [0, 0.05) is 0 Å². The van der Waals surface area contributed by atoms with Crippen LogP contribution in [0.25, 0.3) is 0 Å². The number of allylic oxidation sites excluding steroid dienone is 3. The van der Waals surface area contributed by atoms with Crippen molar-refractivity contribution in [1.29, 1.82) is 0 Å². The van der Waals surface area contributed by atoms with Crippen molar-refractivity contribution in [2.75, 3.05) is 0 Å². The minimum atomic E-state index is -3.13. The lowest BCUT2D eigenvalue weighted by Crippen LogP contribution is -1.38. The fraction of sp³-hybridized carbons (Fsp3) is 0.200. The monoisotopic (exact) mass is 1300 g/mol. The van der Waals surface area contributed by atoms with Crippen LogP contribution in [0.3, 0.4) is 0 Å². The fourth-order valence-electron chi connectivity index (χ4n) is 0.136. The lowest BCUT2D eigenvalue weighted by molar-refractivity contribution is 0.403. The minimum Gasteiger partial charge on any atom is -0.326 e. The van der Waals surface area contributed by atoms with Gasteiger partial charge in [-0.05, 0) is 6.92 Å². The van der Waals surface area contributed by atoms with Gasteiger partial charge in [-0.3, -0.25) is 68.5 Å². The van der Waals surface area contributed by atoms with Gasteiger partial charge in [0.25, 0.3) is 0 Å². The zero-order valence-electron chi connectivity index (χ0n) is 30.5. The molecule has 0 radical (unpaired) electrons. The molecule has 0 aromatic rings. The van der Waals surface area contributed by atoms with Gasteiger partial charge in [0.15, 0.2) is 0 Å². The van der Waals surface area contributed by atoms with Gasteiger partial charge in [-0.2, -0.15) is 0 Å². The van der Waals surface area contributed by atoms with E-state index in [0.29, 0.717) is 0 Å². The summed E-state index contributed by atoms with van der Waals surface area (Å²) < 4.78 is 131. The predicted octanol–water partition coefficient (Wildman–Crippen LogP) is -7.84. The smallest absolute Gasteiger partial charge is 0.314 e. The third kappa shape index (κ3) is 19200. The molecule has 0 saturated carbocycles. The summed E-state index contributed by atoms with van der Waals surface area (Å²) in [6.45, 7) is 5.42. The van der Waals surface area contributed by atoms with E-state index in [4.69, 9.17) is 215 Å². The van der Waals surface area contributed by atoms with Crippen LogP contribution in [-0.4, -0.2) is 147 Å². The molecule has 418 valence electrons. The minimum absolute atomic E-state index is 1.75. The maximum Gasteiger partial charge on any atom is 0.314 e. The SMILES string of the molecule is C=CC=CC.O=[PH](O)O.O=[PH](O)O.O=[PH](O)O.O=[PH](O)O.O=[PH](O)O.O=[PH](O)O.O=[PH](O)O.O=[PH](O)O.O=[PH](O)O.O=[PH](O)O.O=[PH](O)O.O=[PH](O)O.O=[PH](O)O.O=[PH](O)O.O=[PH](O)O. The summed E-state index contributed by atoms with van der Waals surface area (Å²) in [5.74, 6) is 0. The first kappa shape index (κ1) is 112. The standard InChI is InChI=1S/C5H8.15H3O3P/c1-3-5-4-2;15*1-4(2)3/h3-5H,1H2,2H3;15*4H,(H2,1,2,3). The van der Waals surface area contributed by atoms with Crippen LogP contribution in [0.1, 0.15) is 6.92 Å². The first-order valence-corrected chi connectivity index (χ1v) is 31.0. The maximum absolute atomic E-state index is 8.74. The zero-order chi connectivity index (χ0) is 57.8. The van der Waals surface area contributed by atoms with E-state index in [1.165, 1.54) is 0 Å². The van der Waals surface area contributed by atoms with Crippen molar-refractivity contribution < 1.29 is 215 Å². The zero-order valence-corrected chi connectivity index (χ0v) is 45.5. The molecule has 0 aromatic heterocycles. The summed E-state index contributed by atoms with van der Waals surface area (Å²) in [5, 5.41) is 0. The molecule has 0 atom stereocenters. The van der Waals surface area contributed by atoms with E-state index in [-0.39, 0.29) is 0 Å². The molecule has 65 heavy (non-hydrogen) atoms. The van der Waals surface area contributed by atoms with E-state index in [1.807, 2.05) is 19.1 Å². The molecule has 30 N–H and O–H groups in total. The van der Waals surface area contributed by atoms with Crippen LogP contribution in [0.2, 0.25) is 0 Å². The Morgan fingerprint density at radius 3 is 0.262 bits per heavy atom. The van der Waals surface area contributed by atoms with Crippen LogP contribution >= 0.6 is 124 Å². The second-order valence-electron chi connectivity index (χ2n) is 5.00. The van der Waals surface area contributed by atoms with Crippen molar-refractivity contribution in [2.24, 2.45) is 0 Å². The maximum atomic E-state index is 8.74. The van der Waals surface area contributed by atoms with Crippen molar-refractivity contribution >= 4 is 124 Å². The predicted molar refractivity (Wildman–Crippen MR) is 227 cm³/mol. The first-order chi connectivity index (χ1) is 28.4. The molecule has 0 aliphatic heterocycles. The molecule has 0 aromatic carbocycles. The molecule has 0 fully saturated rings. The van der Waals surface area contributed by atoms with E-state index >= 15 is 0 Å². The van der Waals surface area contributed by atoms with Crippen LogP contribution in [0.15, 0.2) is 24.8 Å². The Balaban J connectivity index is -0.0000000282. The summed E-state index contributed by atoms with van der Waals surface area (Å²) in [6, 6.07) is 0. The van der Waals surface area contributed by atoms with E-state index in [0.717, 1.165) is 0 Å². The molecule has 0 unspecified atom stereocenters. The molecule has 0 spiro atoms. The van der Waals surface area contributed by atoms with Crippen molar-refractivity contribution in [3.63, 3.8) is 0 Å². The number of rotatable bonds is 1. The molecule has 0 heterocycles. The molecule has 0 bridgehead atoms. The average Bonchev–Trinajstić information content (AvgIpc) is 2.89. The first-order valence-electron chi connectivity index (χ1n) is 11.4. The Kier molecular flexibility index (Phi) is 192. The van der Waals surface area contributed by atoms with E-state index in [1.54, 1.807) is 6.08 Å². The van der Waals surface area contributed by atoms with Crippen molar-refractivity contribution in [1.82, 2.24) is 0 Å². The number of hydrogen-bond acceptors (Lipinski definition) is 15. The summed E-state index contributed by atoms with van der Waals surface area (Å²) >= 11 is 0. The normalized spacial score (nSPS) is 8.77. The summed E-state index contributed by atoms with van der Waals surface area (Å²) in [5.41, 5.74) is 0. The highest BCUT2D eigenvalue weighted by molar-refractivity contribution is 7.33. The molecule has 0 aliphatic carbocycles. The van der Waals surface area contributed by atoms with Gasteiger partial charge in [0.05, 0.1) is 0 Å². The highest BCUT2D eigenvalue weighted by Crippen LogP contribution is 2.03. The quantitative estimate of drug-likeness (QED) is 0.0856. The Morgan fingerprint density at radius 2 is 0.262 bits per heavy atom. The summed E-state index contributed by atoms with van der Waals surface area (Å²) in [4.78, 5) is 215. The van der Waals surface area contributed by atoms with Gasteiger partial charge in [-0.25, -0.2) is 0 Å². The van der Waals surface area contributed by atoms with Gasteiger partial charge in [0.1, 0.15) is 0 Å². The summed E-state index contributed by atoms with van der Waals surface area (Å²) in [6.07, 6.45) is 5.58. The number of hydrogen-bond donors (Lipinski definition) is 30. The molecular weight excluding hydrogens is 1240 g/mol. The average molecular weight is 1300 g/mol. The van der Waals surface area contributed by atoms with Crippen molar-refractivity contribution in [2.45, 2.75) is 6.92 Å². The third-order valence-corrected chi connectivity index (χ3v) is 0.329. The molecule has 0 amide bonds. The molecule has 0 saturated heterocycles. The molecular formula is C5H53O45P15. The Bertz CT molecular complexity index is 893. The van der Waals surface area contributed by atoms with Crippen LogP contribution in [-0.2, 0) is 68.5 Å². The van der Waals surface area contributed by atoms with E-state index in [2.05, 4.69) is 6.58 Å². The molecule has 60 heteroatoms. The van der Waals surface area contributed by atoms with Crippen molar-refractivity contribution in [3.8, 4) is 0 Å². The second-order valence-corrected chi connectivity index (χ2v) is 13.5. The lowest BCUT2D eigenvalue weighted by atomic mass is 10.5. The largest absolute Gasteiger partial charge is 0.326 e. The van der Waals surface area contributed by atoms with Gasteiger partial charge in [-0.15, -0.1) is 0 Å². The van der Waals surface area contributed by atoms with E-state index in [9.17, 15) is 0 Å². The highest BCUT2D eigenvalue weighted by atomic mass is 31.2. The lowest BCUT2D eigenvalue weighted by Gasteiger charge is -1.61.